The molecule has 0 aliphatic heterocycles. The minimum absolute atomic E-state index is 0.0138. The van der Waals surface area contributed by atoms with Gasteiger partial charge < -0.3 is 4.57 Å². The standard InChI is InChI=1S/C11H13ClF2N4/c1-6(2)18-5-7(10(13)14)9(16-18)8-4-15-11(12)17(8)3/h4-6,10H,1-3H3. The van der Waals surface area contributed by atoms with E-state index in [-0.39, 0.29) is 22.6 Å². The molecule has 0 unspecified atom stereocenters. The smallest absolute Gasteiger partial charge is 0.267 e. The Hall–Kier alpha value is -1.43. The molecule has 0 spiro atoms. The summed E-state index contributed by atoms with van der Waals surface area (Å²) in [7, 11) is 1.66. The summed E-state index contributed by atoms with van der Waals surface area (Å²) < 4.78 is 29.1. The van der Waals surface area contributed by atoms with Crippen molar-refractivity contribution >= 4 is 11.6 Å². The zero-order chi connectivity index (χ0) is 13.4. The van der Waals surface area contributed by atoms with Crippen molar-refractivity contribution in [3.63, 3.8) is 0 Å². The zero-order valence-corrected chi connectivity index (χ0v) is 11.0. The molecular weight excluding hydrogens is 262 g/mol. The van der Waals surface area contributed by atoms with Crippen LogP contribution in [-0.2, 0) is 7.05 Å². The molecule has 0 aliphatic rings. The molecule has 2 rings (SSSR count). The van der Waals surface area contributed by atoms with E-state index in [0.29, 0.717) is 5.69 Å². The number of nitrogens with zero attached hydrogens (tertiary/aromatic N) is 4. The summed E-state index contributed by atoms with van der Waals surface area (Å²) in [5.74, 6) is 0. The highest BCUT2D eigenvalue weighted by Crippen LogP contribution is 2.31. The SMILES string of the molecule is CC(C)n1cc(C(F)F)c(-c2cnc(Cl)n2C)n1. The molecule has 0 atom stereocenters. The van der Waals surface area contributed by atoms with E-state index >= 15 is 0 Å². The second-order valence-electron chi connectivity index (χ2n) is 4.28. The third kappa shape index (κ3) is 2.12. The lowest BCUT2D eigenvalue weighted by molar-refractivity contribution is 0.152. The highest BCUT2D eigenvalue weighted by molar-refractivity contribution is 6.28. The summed E-state index contributed by atoms with van der Waals surface area (Å²) in [5, 5.41) is 4.43. The van der Waals surface area contributed by atoms with E-state index in [4.69, 9.17) is 11.6 Å². The van der Waals surface area contributed by atoms with Crippen LogP contribution in [0.2, 0.25) is 5.28 Å². The van der Waals surface area contributed by atoms with Crippen LogP contribution in [-0.4, -0.2) is 19.3 Å². The Morgan fingerprint density at radius 1 is 1.33 bits per heavy atom. The van der Waals surface area contributed by atoms with Gasteiger partial charge in [-0.15, -0.1) is 0 Å². The molecule has 2 aromatic heterocycles. The van der Waals surface area contributed by atoms with Crippen molar-refractivity contribution < 1.29 is 8.78 Å². The van der Waals surface area contributed by atoms with Crippen LogP contribution in [0.15, 0.2) is 12.4 Å². The van der Waals surface area contributed by atoms with E-state index < -0.39 is 6.43 Å². The molecule has 0 saturated carbocycles. The molecule has 0 aromatic carbocycles. The largest absolute Gasteiger partial charge is 0.316 e. The van der Waals surface area contributed by atoms with Crippen LogP contribution in [0.4, 0.5) is 8.78 Å². The number of aromatic nitrogens is 4. The molecule has 0 aliphatic carbocycles. The molecule has 0 radical (unpaired) electrons. The molecule has 98 valence electrons. The zero-order valence-electron chi connectivity index (χ0n) is 10.2. The lowest BCUT2D eigenvalue weighted by atomic mass is 10.2. The van der Waals surface area contributed by atoms with Gasteiger partial charge in [-0.2, -0.15) is 5.10 Å². The fourth-order valence-electron chi connectivity index (χ4n) is 1.64. The van der Waals surface area contributed by atoms with Gasteiger partial charge in [0, 0.05) is 19.3 Å². The predicted molar refractivity (Wildman–Crippen MR) is 64.8 cm³/mol. The summed E-state index contributed by atoms with van der Waals surface area (Å²) >= 11 is 5.81. The topological polar surface area (TPSA) is 35.6 Å². The van der Waals surface area contributed by atoms with E-state index in [1.807, 2.05) is 13.8 Å². The molecule has 0 fully saturated rings. The average Bonchev–Trinajstić information content (AvgIpc) is 2.85. The normalized spacial score (nSPS) is 11.8. The molecule has 2 heterocycles. The van der Waals surface area contributed by atoms with Gasteiger partial charge >= 0.3 is 0 Å². The van der Waals surface area contributed by atoms with Crippen LogP contribution >= 0.6 is 11.6 Å². The van der Waals surface area contributed by atoms with Crippen LogP contribution in [0.3, 0.4) is 0 Å². The van der Waals surface area contributed by atoms with Crippen molar-refractivity contribution in [2.45, 2.75) is 26.3 Å². The Morgan fingerprint density at radius 2 is 2.00 bits per heavy atom. The van der Waals surface area contributed by atoms with Crippen molar-refractivity contribution in [3.8, 4) is 11.4 Å². The first-order valence-corrected chi connectivity index (χ1v) is 5.84. The number of hydrogen-bond donors (Lipinski definition) is 0. The maximum Gasteiger partial charge on any atom is 0.267 e. The molecule has 18 heavy (non-hydrogen) atoms. The summed E-state index contributed by atoms with van der Waals surface area (Å²) in [6, 6.07) is 0.0138. The molecule has 0 N–H and O–H groups in total. The third-order valence-corrected chi connectivity index (χ3v) is 3.05. The Balaban J connectivity index is 2.59. The van der Waals surface area contributed by atoms with Crippen molar-refractivity contribution in [1.82, 2.24) is 19.3 Å². The molecular formula is C11H13ClF2N4. The Morgan fingerprint density at radius 3 is 2.44 bits per heavy atom. The monoisotopic (exact) mass is 274 g/mol. The molecule has 0 saturated heterocycles. The number of imidazole rings is 1. The average molecular weight is 275 g/mol. The Bertz CT molecular complexity index is 559. The number of rotatable bonds is 3. The maximum absolute atomic E-state index is 13.0. The van der Waals surface area contributed by atoms with Gasteiger partial charge in [0.05, 0.1) is 17.5 Å². The van der Waals surface area contributed by atoms with Gasteiger partial charge in [-0.1, -0.05) is 0 Å². The second kappa shape index (κ2) is 4.68. The van der Waals surface area contributed by atoms with Crippen LogP contribution in [0.25, 0.3) is 11.4 Å². The first kappa shape index (κ1) is 13.0. The second-order valence-corrected chi connectivity index (χ2v) is 4.62. The van der Waals surface area contributed by atoms with Crippen LogP contribution in [0, 0.1) is 0 Å². The Labute approximate surface area is 108 Å². The summed E-state index contributed by atoms with van der Waals surface area (Å²) in [6.45, 7) is 3.75. The Kier molecular flexibility index (Phi) is 3.38. The summed E-state index contributed by atoms with van der Waals surface area (Å²) in [4.78, 5) is 3.88. The molecule has 0 bridgehead atoms. The van der Waals surface area contributed by atoms with Crippen LogP contribution < -0.4 is 0 Å². The molecule has 0 amide bonds. The van der Waals surface area contributed by atoms with Crippen molar-refractivity contribution in [1.29, 1.82) is 0 Å². The minimum Gasteiger partial charge on any atom is -0.316 e. The van der Waals surface area contributed by atoms with E-state index in [0.717, 1.165) is 0 Å². The lowest BCUT2D eigenvalue weighted by Crippen LogP contribution is -2.01. The van der Waals surface area contributed by atoms with Gasteiger partial charge in [0.15, 0.2) is 0 Å². The fourth-order valence-corrected chi connectivity index (χ4v) is 1.78. The van der Waals surface area contributed by atoms with Gasteiger partial charge in [-0.25, -0.2) is 13.8 Å². The van der Waals surface area contributed by atoms with Gasteiger partial charge in [0.25, 0.3) is 6.43 Å². The fraction of sp³-hybridized carbons (Fsp3) is 0.455. The van der Waals surface area contributed by atoms with Gasteiger partial charge in [-0.3, -0.25) is 4.68 Å². The van der Waals surface area contributed by atoms with Crippen molar-refractivity contribution in [2.75, 3.05) is 0 Å². The quantitative estimate of drug-likeness (QED) is 0.859. The lowest BCUT2D eigenvalue weighted by Gasteiger charge is -2.04. The van der Waals surface area contributed by atoms with Crippen molar-refractivity contribution in [3.05, 3.63) is 23.2 Å². The summed E-state index contributed by atoms with van der Waals surface area (Å²) in [6.07, 6.45) is 0.230. The number of hydrogen-bond acceptors (Lipinski definition) is 2. The van der Waals surface area contributed by atoms with E-state index in [1.54, 1.807) is 7.05 Å². The molecule has 2 aromatic rings. The van der Waals surface area contributed by atoms with Gasteiger partial charge in [0.1, 0.15) is 5.69 Å². The van der Waals surface area contributed by atoms with Crippen LogP contribution in [0.1, 0.15) is 31.9 Å². The van der Waals surface area contributed by atoms with Crippen LogP contribution in [0.5, 0.6) is 0 Å². The third-order valence-electron chi connectivity index (χ3n) is 2.70. The number of halogens is 3. The minimum atomic E-state index is -2.58. The van der Waals surface area contributed by atoms with Gasteiger partial charge in [0.2, 0.25) is 5.28 Å². The van der Waals surface area contributed by atoms with E-state index in [2.05, 4.69) is 10.1 Å². The molecule has 7 heteroatoms. The summed E-state index contributed by atoms with van der Waals surface area (Å²) in [5.41, 5.74) is 0.596. The molecule has 4 nitrogen and oxygen atoms in total. The first-order valence-electron chi connectivity index (χ1n) is 5.46. The highest BCUT2D eigenvalue weighted by atomic mass is 35.5. The van der Waals surface area contributed by atoms with Gasteiger partial charge in [-0.05, 0) is 25.4 Å². The maximum atomic E-state index is 13.0. The van der Waals surface area contributed by atoms with Crippen molar-refractivity contribution in [2.24, 2.45) is 7.05 Å². The van der Waals surface area contributed by atoms with E-state index in [9.17, 15) is 8.78 Å². The first-order chi connectivity index (χ1) is 8.41. The highest BCUT2D eigenvalue weighted by Gasteiger charge is 2.22. The predicted octanol–water partition coefficient (Wildman–Crippen LogP) is 3.46. The van der Waals surface area contributed by atoms with E-state index in [1.165, 1.54) is 21.6 Å². The number of alkyl halides is 2.